The Labute approximate surface area is 167 Å². The highest BCUT2D eigenvalue weighted by atomic mass is 32.2. The number of nitrogens with one attached hydrogen (secondary N) is 1. The second-order valence-corrected chi connectivity index (χ2v) is 9.41. The molecule has 1 aliphatic rings. The molecular weight excluding hydrogens is 394 g/mol. The number of fused-ring (bicyclic) bond motifs is 1. The summed E-state index contributed by atoms with van der Waals surface area (Å²) in [5, 5.41) is 0. The van der Waals surface area contributed by atoms with Crippen LogP contribution in [0.4, 0.5) is 0 Å². The third kappa shape index (κ3) is 3.53. The topological polar surface area (TPSA) is 110 Å². The number of benzene rings is 1. The van der Waals surface area contributed by atoms with E-state index >= 15 is 0 Å². The van der Waals surface area contributed by atoms with E-state index < -0.39 is 21.3 Å². The number of rotatable bonds is 4. The zero-order chi connectivity index (χ0) is 20.8. The van der Waals surface area contributed by atoms with Crippen LogP contribution >= 0.6 is 0 Å². The van der Waals surface area contributed by atoms with Crippen molar-refractivity contribution < 1.29 is 8.42 Å². The van der Waals surface area contributed by atoms with Gasteiger partial charge >= 0.3 is 5.69 Å². The van der Waals surface area contributed by atoms with Crippen LogP contribution in [-0.2, 0) is 29.9 Å². The van der Waals surface area contributed by atoms with Crippen LogP contribution < -0.4 is 11.2 Å². The second kappa shape index (κ2) is 7.27. The number of hydrogen-bond acceptors (Lipinski definition) is 5. The maximum absolute atomic E-state index is 12.7. The number of hydrogen-bond donors (Lipinski definition) is 1. The maximum Gasteiger partial charge on any atom is 0.332 e. The van der Waals surface area contributed by atoms with Crippen molar-refractivity contribution in [3.8, 4) is 0 Å². The molecule has 4 rings (SSSR count). The Morgan fingerprint density at radius 1 is 1.07 bits per heavy atom. The van der Waals surface area contributed by atoms with E-state index in [0.717, 1.165) is 10.1 Å². The SMILES string of the molecule is Cn1c(=O)c2[nH]c(C3CCN(S(=O)(=O)Cc4ccccc4)CC3)nc2n(C)c1=O. The molecule has 29 heavy (non-hydrogen) atoms. The van der Waals surface area contributed by atoms with Crippen molar-refractivity contribution in [3.63, 3.8) is 0 Å². The van der Waals surface area contributed by atoms with Crippen molar-refractivity contribution in [2.45, 2.75) is 24.5 Å². The molecule has 1 fully saturated rings. The van der Waals surface area contributed by atoms with Crippen LogP contribution in [0.3, 0.4) is 0 Å². The van der Waals surface area contributed by atoms with Crippen LogP contribution in [0.5, 0.6) is 0 Å². The van der Waals surface area contributed by atoms with Gasteiger partial charge in [-0.2, -0.15) is 0 Å². The number of aryl methyl sites for hydroxylation is 1. The van der Waals surface area contributed by atoms with Gasteiger partial charge < -0.3 is 4.98 Å². The van der Waals surface area contributed by atoms with E-state index in [1.54, 1.807) is 7.05 Å². The molecule has 1 saturated heterocycles. The quantitative estimate of drug-likeness (QED) is 0.671. The molecule has 0 saturated carbocycles. The Bertz CT molecular complexity index is 1270. The van der Waals surface area contributed by atoms with Crippen molar-refractivity contribution in [2.75, 3.05) is 13.1 Å². The van der Waals surface area contributed by atoms with Gasteiger partial charge in [-0.15, -0.1) is 0 Å². The van der Waals surface area contributed by atoms with Gasteiger partial charge in [-0.05, 0) is 18.4 Å². The van der Waals surface area contributed by atoms with Gasteiger partial charge in [0.1, 0.15) is 11.3 Å². The van der Waals surface area contributed by atoms with Gasteiger partial charge in [0, 0.05) is 33.1 Å². The first kappa shape index (κ1) is 19.6. The average molecular weight is 417 g/mol. The minimum Gasteiger partial charge on any atom is -0.336 e. The van der Waals surface area contributed by atoms with Gasteiger partial charge in [0.15, 0.2) is 5.65 Å². The lowest BCUT2D eigenvalue weighted by atomic mass is 9.97. The molecule has 1 aliphatic heterocycles. The van der Waals surface area contributed by atoms with Crippen LogP contribution in [0, 0.1) is 0 Å². The predicted molar refractivity (Wildman–Crippen MR) is 109 cm³/mol. The third-order valence-corrected chi connectivity index (χ3v) is 7.39. The highest BCUT2D eigenvalue weighted by molar-refractivity contribution is 7.88. The number of aromatic amines is 1. The lowest BCUT2D eigenvalue weighted by Gasteiger charge is -2.30. The number of sulfonamides is 1. The molecular formula is C19H23N5O4S. The van der Waals surface area contributed by atoms with E-state index in [-0.39, 0.29) is 11.7 Å². The maximum atomic E-state index is 12.7. The smallest absolute Gasteiger partial charge is 0.332 e. The molecule has 0 spiro atoms. The highest BCUT2D eigenvalue weighted by Crippen LogP contribution is 2.28. The average Bonchev–Trinajstić information content (AvgIpc) is 3.17. The van der Waals surface area contributed by atoms with Crippen molar-refractivity contribution in [1.82, 2.24) is 23.4 Å². The van der Waals surface area contributed by atoms with Crippen molar-refractivity contribution in [1.29, 1.82) is 0 Å². The molecule has 154 valence electrons. The van der Waals surface area contributed by atoms with Gasteiger partial charge in [0.2, 0.25) is 10.0 Å². The van der Waals surface area contributed by atoms with E-state index in [1.807, 2.05) is 30.3 Å². The zero-order valence-electron chi connectivity index (χ0n) is 16.3. The lowest BCUT2D eigenvalue weighted by Crippen LogP contribution is -2.38. The Morgan fingerprint density at radius 2 is 1.72 bits per heavy atom. The van der Waals surface area contributed by atoms with E-state index in [0.29, 0.717) is 42.9 Å². The summed E-state index contributed by atoms with van der Waals surface area (Å²) in [6.45, 7) is 0.793. The van der Waals surface area contributed by atoms with Crippen LogP contribution in [0.15, 0.2) is 39.9 Å². The summed E-state index contributed by atoms with van der Waals surface area (Å²) in [6, 6.07) is 9.14. The highest BCUT2D eigenvalue weighted by Gasteiger charge is 2.30. The Kier molecular flexibility index (Phi) is 4.91. The normalized spacial score (nSPS) is 16.5. The third-order valence-electron chi connectivity index (χ3n) is 5.54. The predicted octanol–water partition coefficient (Wildman–Crippen LogP) is 0.670. The fourth-order valence-electron chi connectivity index (χ4n) is 3.82. The van der Waals surface area contributed by atoms with Gasteiger partial charge in [-0.25, -0.2) is 22.5 Å². The molecule has 0 radical (unpaired) electrons. The first-order valence-electron chi connectivity index (χ1n) is 9.45. The van der Waals surface area contributed by atoms with Crippen LogP contribution in [0.25, 0.3) is 11.2 Å². The standard InChI is InChI=1S/C19H23N5O4S/c1-22-17-15(18(25)23(2)19(22)26)20-16(21-17)14-8-10-24(11-9-14)29(27,28)12-13-6-4-3-5-7-13/h3-7,14H,8-12H2,1-2H3,(H,20,21). The fourth-order valence-corrected chi connectivity index (χ4v) is 5.38. The number of piperidine rings is 1. The molecule has 0 atom stereocenters. The van der Waals surface area contributed by atoms with Gasteiger partial charge in [-0.3, -0.25) is 13.9 Å². The second-order valence-electron chi connectivity index (χ2n) is 7.44. The number of imidazole rings is 1. The number of H-pyrrole nitrogens is 1. The van der Waals surface area contributed by atoms with Crippen LogP contribution in [0.1, 0.15) is 30.1 Å². The summed E-state index contributed by atoms with van der Waals surface area (Å²) in [7, 11) is -0.379. The molecule has 0 unspecified atom stereocenters. The summed E-state index contributed by atoms with van der Waals surface area (Å²) < 4.78 is 29.4. The van der Waals surface area contributed by atoms with Crippen molar-refractivity contribution in [3.05, 3.63) is 62.6 Å². The zero-order valence-corrected chi connectivity index (χ0v) is 17.1. The fraction of sp³-hybridized carbons (Fsp3) is 0.421. The Morgan fingerprint density at radius 3 is 2.38 bits per heavy atom. The Balaban J connectivity index is 1.53. The molecule has 1 N–H and O–H groups in total. The first-order valence-corrected chi connectivity index (χ1v) is 11.1. The van der Waals surface area contributed by atoms with E-state index in [2.05, 4.69) is 9.97 Å². The Hall–Kier alpha value is -2.72. The molecule has 10 heteroatoms. The van der Waals surface area contributed by atoms with E-state index in [4.69, 9.17) is 0 Å². The van der Waals surface area contributed by atoms with E-state index in [9.17, 15) is 18.0 Å². The van der Waals surface area contributed by atoms with Crippen molar-refractivity contribution in [2.24, 2.45) is 14.1 Å². The summed E-state index contributed by atoms with van der Waals surface area (Å²) in [6.07, 6.45) is 1.20. The molecule has 3 heterocycles. The van der Waals surface area contributed by atoms with Gasteiger partial charge in [0.05, 0.1) is 5.75 Å². The summed E-state index contributed by atoms with van der Waals surface area (Å²) in [5.41, 5.74) is 0.548. The van der Waals surface area contributed by atoms with E-state index in [1.165, 1.54) is 15.9 Å². The molecule has 2 aromatic heterocycles. The molecule has 0 aliphatic carbocycles. The number of aromatic nitrogens is 4. The summed E-state index contributed by atoms with van der Waals surface area (Å²) >= 11 is 0. The van der Waals surface area contributed by atoms with Gasteiger partial charge in [0.25, 0.3) is 5.56 Å². The van der Waals surface area contributed by atoms with Crippen LogP contribution in [-0.4, -0.2) is 44.9 Å². The molecule has 0 bridgehead atoms. The largest absolute Gasteiger partial charge is 0.336 e. The van der Waals surface area contributed by atoms with Crippen molar-refractivity contribution >= 4 is 21.2 Å². The number of nitrogens with zero attached hydrogens (tertiary/aromatic N) is 4. The first-order chi connectivity index (χ1) is 13.8. The lowest BCUT2D eigenvalue weighted by molar-refractivity contribution is 0.314. The summed E-state index contributed by atoms with van der Waals surface area (Å²) in [4.78, 5) is 32.0. The molecule has 0 amide bonds. The van der Waals surface area contributed by atoms with Gasteiger partial charge in [-0.1, -0.05) is 30.3 Å². The molecule has 1 aromatic carbocycles. The summed E-state index contributed by atoms with van der Waals surface area (Å²) in [5.74, 6) is 0.616. The monoisotopic (exact) mass is 417 g/mol. The minimum absolute atomic E-state index is 0.00498. The minimum atomic E-state index is -3.39. The van der Waals surface area contributed by atoms with Crippen LogP contribution in [0.2, 0.25) is 0 Å². The molecule has 3 aromatic rings. The molecule has 9 nitrogen and oxygen atoms in total.